The maximum absolute atomic E-state index is 10.3. The fourth-order valence-corrected chi connectivity index (χ4v) is 2.04. The summed E-state index contributed by atoms with van der Waals surface area (Å²) in [6.45, 7) is 1.64. The van der Waals surface area contributed by atoms with Crippen molar-refractivity contribution < 1.29 is 4.92 Å². The SMILES string of the molecule is Cc1nsc(I)c1[N+](=O)[O-]. The Labute approximate surface area is 74.7 Å². The van der Waals surface area contributed by atoms with Crippen molar-refractivity contribution in [3.63, 3.8) is 0 Å². The number of nitro groups is 1. The highest BCUT2D eigenvalue weighted by atomic mass is 127. The lowest BCUT2D eigenvalue weighted by atomic mass is 10.4. The third-order valence-corrected chi connectivity index (χ3v) is 2.79. The predicted molar refractivity (Wildman–Crippen MR) is 46.2 cm³/mol. The molecule has 1 heterocycles. The summed E-state index contributed by atoms with van der Waals surface area (Å²) in [5.41, 5.74) is 0.644. The van der Waals surface area contributed by atoms with E-state index < -0.39 is 4.92 Å². The molecular weight excluding hydrogens is 267 g/mol. The van der Waals surface area contributed by atoms with Crippen molar-refractivity contribution in [1.29, 1.82) is 0 Å². The van der Waals surface area contributed by atoms with E-state index in [2.05, 4.69) is 4.37 Å². The topological polar surface area (TPSA) is 56.0 Å². The zero-order chi connectivity index (χ0) is 7.72. The van der Waals surface area contributed by atoms with Crippen molar-refractivity contribution in [2.24, 2.45) is 0 Å². The summed E-state index contributed by atoms with van der Waals surface area (Å²) in [4.78, 5) is 9.87. The van der Waals surface area contributed by atoms with Gasteiger partial charge in [0.15, 0.2) is 2.88 Å². The molecule has 4 nitrogen and oxygen atoms in total. The molecule has 1 rings (SSSR count). The summed E-state index contributed by atoms with van der Waals surface area (Å²) in [7, 11) is 0. The number of aryl methyl sites for hydroxylation is 1. The molecule has 0 fully saturated rings. The standard InChI is InChI=1S/C4H3IN2O2S/c1-2-3(7(8)9)4(5)10-6-2/h1H3. The van der Waals surface area contributed by atoms with E-state index in [1.807, 2.05) is 22.6 Å². The van der Waals surface area contributed by atoms with Crippen LogP contribution in [0.3, 0.4) is 0 Å². The first-order valence-electron chi connectivity index (χ1n) is 2.39. The fourth-order valence-electron chi connectivity index (χ4n) is 0.541. The van der Waals surface area contributed by atoms with Crippen molar-refractivity contribution in [3.8, 4) is 0 Å². The minimum atomic E-state index is -0.402. The maximum atomic E-state index is 10.3. The third-order valence-electron chi connectivity index (χ3n) is 0.974. The molecule has 0 amide bonds. The Morgan fingerprint density at radius 2 is 2.40 bits per heavy atom. The van der Waals surface area contributed by atoms with Crippen LogP contribution in [-0.4, -0.2) is 9.30 Å². The van der Waals surface area contributed by atoms with E-state index in [1.165, 1.54) is 0 Å². The highest BCUT2D eigenvalue weighted by Crippen LogP contribution is 2.27. The average molecular weight is 270 g/mol. The Hall–Kier alpha value is -0.240. The van der Waals surface area contributed by atoms with E-state index in [0.29, 0.717) is 8.58 Å². The summed E-state index contributed by atoms with van der Waals surface area (Å²) in [6.07, 6.45) is 0. The summed E-state index contributed by atoms with van der Waals surface area (Å²) in [6, 6.07) is 0. The first-order valence-corrected chi connectivity index (χ1v) is 4.24. The maximum Gasteiger partial charge on any atom is 0.316 e. The van der Waals surface area contributed by atoms with E-state index in [4.69, 9.17) is 0 Å². The molecule has 0 atom stereocenters. The molecule has 0 aromatic carbocycles. The molecule has 0 radical (unpaired) electrons. The largest absolute Gasteiger partial charge is 0.316 e. The minimum absolute atomic E-state index is 0.144. The van der Waals surface area contributed by atoms with Gasteiger partial charge in [0.25, 0.3) is 0 Å². The van der Waals surface area contributed by atoms with Crippen LogP contribution in [0.4, 0.5) is 5.69 Å². The highest BCUT2D eigenvalue weighted by Gasteiger charge is 2.18. The number of halogens is 1. The van der Waals surface area contributed by atoms with Crippen LogP contribution in [0.2, 0.25) is 0 Å². The second kappa shape index (κ2) is 2.79. The monoisotopic (exact) mass is 270 g/mol. The van der Waals surface area contributed by atoms with Crippen LogP contribution < -0.4 is 0 Å². The first kappa shape index (κ1) is 7.86. The smallest absolute Gasteiger partial charge is 0.258 e. The van der Waals surface area contributed by atoms with Gasteiger partial charge in [0, 0.05) is 0 Å². The van der Waals surface area contributed by atoms with Crippen molar-refractivity contribution in [3.05, 3.63) is 18.7 Å². The minimum Gasteiger partial charge on any atom is -0.258 e. The van der Waals surface area contributed by atoms with Crippen LogP contribution >= 0.6 is 34.1 Å². The normalized spacial score (nSPS) is 9.80. The molecule has 0 aliphatic rings. The fraction of sp³-hybridized carbons (Fsp3) is 0.250. The van der Waals surface area contributed by atoms with E-state index in [-0.39, 0.29) is 5.69 Å². The lowest BCUT2D eigenvalue weighted by Gasteiger charge is -1.84. The second-order valence-electron chi connectivity index (χ2n) is 1.65. The van der Waals surface area contributed by atoms with Gasteiger partial charge in [-0.3, -0.25) is 10.1 Å². The van der Waals surface area contributed by atoms with Gasteiger partial charge in [-0.15, -0.1) is 0 Å². The Balaban J connectivity index is 3.23. The van der Waals surface area contributed by atoms with Crippen LogP contribution in [0.25, 0.3) is 0 Å². The average Bonchev–Trinajstić information content (AvgIpc) is 2.11. The van der Waals surface area contributed by atoms with Gasteiger partial charge in [0.2, 0.25) is 0 Å². The van der Waals surface area contributed by atoms with Gasteiger partial charge in [-0.25, -0.2) is 0 Å². The van der Waals surface area contributed by atoms with Crippen LogP contribution in [-0.2, 0) is 0 Å². The molecule has 10 heavy (non-hydrogen) atoms. The van der Waals surface area contributed by atoms with Gasteiger partial charge in [0.1, 0.15) is 5.69 Å². The molecular formula is C4H3IN2O2S. The number of rotatable bonds is 1. The molecule has 0 spiro atoms. The Morgan fingerprint density at radius 3 is 2.60 bits per heavy atom. The first-order chi connectivity index (χ1) is 4.63. The van der Waals surface area contributed by atoms with Crippen LogP contribution in [0.1, 0.15) is 5.69 Å². The molecule has 0 aliphatic heterocycles. The van der Waals surface area contributed by atoms with Crippen molar-refractivity contribution in [2.45, 2.75) is 6.92 Å². The van der Waals surface area contributed by atoms with Gasteiger partial charge in [0.05, 0.1) is 4.92 Å². The van der Waals surface area contributed by atoms with Crippen LogP contribution in [0.5, 0.6) is 0 Å². The molecule has 6 heteroatoms. The Morgan fingerprint density at radius 1 is 1.80 bits per heavy atom. The summed E-state index contributed by atoms with van der Waals surface area (Å²) >= 11 is 3.07. The number of nitrogens with zero attached hydrogens (tertiary/aromatic N) is 2. The Kier molecular flexibility index (Phi) is 2.19. The van der Waals surface area contributed by atoms with Gasteiger partial charge < -0.3 is 0 Å². The zero-order valence-electron chi connectivity index (χ0n) is 5.00. The van der Waals surface area contributed by atoms with Crippen LogP contribution in [0, 0.1) is 19.9 Å². The van der Waals surface area contributed by atoms with E-state index in [0.717, 1.165) is 11.5 Å². The summed E-state index contributed by atoms with van der Waals surface area (Å²) < 4.78 is 4.47. The van der Waals surface area contributed by atoms with Crippen molar-refractivity contribution >= 4 is 39.8 Å². The molecule has 1 aromatic heterocycles. The van der Waals surface area contributed by atoms with Crippen molar-refractivity contribution in [2.75, 3.05) is 0 Å². The zero-order valence-corrected chi connectivity index (χ0v) is 7.97. The van der Waals surface area contributed by atoms with Crippen molar-refractivity contribution in [1.82, 2.24) is 4.37 Å². The van der Waals surface area contributed by atoms with Gasteiger partial charge in [-0.1, -0.05) is 0 Å². The number of aromatic nitrogens is 1. The second-order valence-corrected chi connectivity index (χ2v) is 4.23. The lowest BCUT2D eigenvalue weighted by molar-refractivity contribution is -0.386. The van der Waals surface area contributed by atoms with Gasteiger partial charge in [-0.2, -0.15) is 4.37 Å². The van der Waals surface area contributed by atoms with Gasteiger partial charge in [-0.05, 0) is 41.0 Å². The van der Waals surface area contributed by atoms with E-state index >= 15 is 0 Å². The Bertz CT molecular complexity index is 253. The third kappa shape index (κ3) is 1.26. The summed E-state index contributed by atoms with van der Waals surface area (Å²) in [5.74, 6) is 0. The molecule has 0 saturated heterocycles. The van der Waals surface area contributed by atoms with Gasteiger partial charge >= 0.3 is 5.69 Å². The molecule has 0 aliphatic carbocycles. The quantitative estimate of drug-likeness (QED) is 0.445. The summed E-state index contributed by atoms with van der Waals surface area (Å²) in [5, 5.41) is 10.3. The molecule has 0 N–H and O–H groups in total. The number of hydrogen-bond acceptors (Lipinski definition) is 4. The van der Waals surface area contributed by atoms with Crippen LogP contribution in [0.15, 0.2) is 0 Å². The highest BCUT2D eigenvalue weighted by molar-refractivity contribution is 14.1. The molecule has 0 unspecified atom stereocenters. The molecule has 0 saturated carbocycles. The molecule has 1 aromatic rings. The molecule has 54 valence electrons. The van der Waals surface area contributed by atoms with E-state index in [9.17, 15) is 10.1 Å². The predicted octanol–water partition coefficient (Wildman–Crippen LogP) is 1.96. The van der Waals surface area contributed by atoms with E-state index in [1.54, 1.807) is 6.92 Å². The number of hydrogen-bond donors (Lipinski definition) is 0. The molecule has 0 bridgehead atoms. The lowest BCUT2D eigenvalue weighted by Crippen LogP contribution is -1.89.